The van der Waals surface area contributed by atoms with Gasteiger partial charge in [0.05, 0.1) is 16.7 Å². The van der Waals surface area contributed by atoms with Gasteiger partial charge < -0.3 is 4.57 Å². The van der Waals surface area contributed by atoms with Crippen molar-refractivity contribution in [1.82, 2.24) is 19.5 Å². The molecule has 0 aliphatic heterocycles. The van der Waals surface area contributed by atoms with Crippen molar-refractivity contribution in [2.45, 2.75) is 13.8 Å². The summed E-state index contributed by atoms with van der Waals surface area (Å²) in [7, 11) is -2.86. The summed E-state index contributed by atoms with van der Waals surface area (Å²) < 4.78 is 2.47. The van der Waals surface area contributed by atoms with Gasteiger partial charge in [0.15, 0.2) is 25.5 Å². The summed E-state index contributed by atoms with van der Waals surface area (Å²) in [4.78, 5) is 15.5. The zero-order valence-corrected chi connectivity index (χ0v) is 40.0. The number of nitrogens with zero attached hydrogens (tertiary/aromatic N) is 4. The van der Waals surface area contributed by atoms with E-state index in [1.807, 2.05) is 36.4 Å². The van der Waals surface area contributed by atoms with Crippen LogP contribution in [0.1, 0.15) is 11.1 Å². The number of aromatic nitrogens is 4. The molecule has 0 bridgehead atoms. The monoisotopic (exact) mass is 912 g/mol. The van der Waals surface area contributed by atoms with Gasteiger partial charge in [-0.2, -0.15) is 0 Å². The largest absolute Gasteiger partial charge is 0.309 e. The number of rotatable bonds is 10. The number of fused-ring (bicyclic) bond motifs is 3. The third-order valence-corrected chi connectivity index (χ3v) is 18.4. The van der Waals surface area contributed by atoms with Crippen molar-refractivity contribution in [2.75, 3.05) is 0 Å². The third-order valence-electron chi connectivity index (χ3n) is 13.7. The minimum atomic E-state index is -2.86. The Morgan fingerprint density at radius 1 is 0.300 bits per heavy atom. The summed E-state index contributed by atoms with van der Waals surface area (Å²) in [6.45, 7) is 4.35. The molecule has 0 atom stereocenters. The minimum absolute atomic E-state index is 0.606. The normalized spacial score (nSPS) is 11.6. The quantitative estimate of drug-likeness (QED) is 0.101. The molecular weight excluding hydrogens is 865 g/mol. The van der Waals surface area contributed by atoms with E-state index in [2.05, 4.69) is 237 Å². The van der Waals surface area contributed by atoms with Crippen LogP contribution in [0.5, 0.6) is 0 Å². The lowest BCUT2D eigenvalue weighted by molar-refractivity contribution is 1.07. The molecule has 12 aromatic rings. The molecule has 0 aliphatic rings. The molecule has 0 saturated carbocycles. The zero-order valence-electron chi connectivity index (χ0n) is 39.0. The number of para-hydroxylation sites is 1. The molecule has 332 valence electrons. The second-order valence-electron chi connectivity index (χ2n) is 18.2. The van der Waals surface area contributed by atoms with Crippen LogP contribution in [0.25, 0.3) is 83.9 Å². The second kappa shape index (κ2) is 18.0. The van der Waals surface area contributed by atoms with E-state index in [4.69, 9.17) is 15.0 Å². The van der Waals surface area contributed by atoms with Crippen molar-refractivity contribution in [3.63, 3.8) is 0 Å². The van der Waals surface area contributed by atoms with Crippen molar-refractivity contribution in [2.24, 2.45) is 0 Å². The predicted octanol–water partition coefficient (Wildman–Crippen LogP) is 13.3. The van der Waals surface area contributed by atoms with Crippen LogP contribution >= 0.6 is 0 Å². The molecular formula is C65H48N4Si. The van der Waals surface area contributed by atoms with Crippen LogP contribution in [0.4, 0.5) is 0 Å². The Balaban J connectivity index is 1.15. The smallest absolute Gasteiger partial charge is 0.179 e. The molecule has 0 spiro atoms. The second-order valence-corrected chi connectivity index (χ2v) is 22.0. The van der Waals surface area contributed by atoms with Crippen molar-refractivity contribution < 1.29 is 0 Å². The average molecular weight is 913 g/mol. The van der Waals surface area contributed by atoms with Gasteiger partial charge in [-0.25, -0.2) is 15.0 Å². The standard InChI is InChI=1S/C65H48N4Si/c1-45-39-46(2)41-52(40-45)49-35-38-59-58-33-18-19-34-60(58)69(62(59)43-49)61-44-51(65-67-63(47-21-8-3-9-22-47)66-64(68-65)48-23-10-4-11-24-48)36-37-57(61)50-25-20-32-56(42-50)70(53-26-12-5-13-27-53,54-28-14-6-15-29-54)55-30-16-7-17-31-55/h3-44H,1-2H3. The molecule has 12 rings (SSSR count). The number of hydrogen-bond donors (Lipinski definition) is 0. The molecule has 0 amide bonds. The van der Waals surface area contributed by atoms with Gasteiger partial charge in [-0.3, -0.25) is 0 Å². The van der Waals surface area contributed by atoms with Crippen molar-refractivity contribution >= 4 is 50.6 Å². The summed E-state index contributed by atoms with van der Waals surface area (Å²) in [6.07, 6.45) is 0. The van der Waals surface area contributed by atoms with Crippen molar-refractivity contribution in [3.05, 3.63) is 266 Å². The van der Waals surface area contributed by atoms with Gasteiger partial charge in [-0.05, 0) is 69.5 Å². The van der Waals surface area contributed by atoms with E-state index in [0.717, 1.165) is 44.5 Å². The first-order chi connectivity index (χ1) is 34.5. The Labute approximate surface area is 409 Å². The molecule has 70 heavy (non-hydrogen) atoms. The summed E-state index contributed by atoms with van der Waals surface area (Å²) in [5.74, 6) is 1.86. The van der Waals surface area contributed by atoms with Gasteiger partial charge in [0.2, 0.25) is 0 Å². The van der Waals surface area contributed by atoms with E-state index < -0.39 is 8.07 Å². The highest BCUT2D eigenvalue weighted by molar-refractivity contribution is 7.19. The molecule has 10 aromatic carbocycles. The maximum atomic E-state index is 5.24. The van der Waals surface area contributed by atoms with E-state index in [-0.39, 0.29) is 0 Å². The first kappa shape index (κ1) is 42.6. The van der Waals surface area contributed by atoms with Crippen molar-refractivity contribution in [3.8, 4) is 62.1 Å². The Bertz CT molecular complexity index is 3660. The molecule has 2 aromatic heterocycles. The number of benzene rings is 10. The lowest BCUT2D eigenvalue weighted by atomic mass is 9.99. The van der Waals surface area contributed by atoms with Crippen LogP contribution in [0, 0.1) is 13.8 Å². The lowest BCUT2D eigenvalue weighted by Crippen LogP contribution is -2.74. The minimum Gasteiger partial charge on any atom is -0.309 e. The van der Waals surface area contributed by atoms with Crippen molar-refractivity contribution in [1.29, 1.82) is 0 Å². The van der Waals surface area contributed by atoms with Gasteiger partial charge in [-0.1, -0.05) is 248 Å². The maximum absolute atomic E-state index is 5.24. The molecule has 0 aliphatic carbocycles. The summed E-state index contributed by atoms with van der Waals surface area (Å²) in [6, 6.07) is 92.5. The van der Waals surface area contributed by atoms with Crippen LogP contribution in [-0.4, -0.2) is 27.6 Å². The van der Waals surface area contributed by atoms with Gasteiger partial charge in [-0.15, -0.1) is 0 Å². The van der Waals surface area contributed by atoms with E-state index >= 15 is 0 Å². The van der Waals surface area contributed by atoms with Gasteiger partial charge >= 0.3 is 0 Å². The highest BCUT2D eigenvalue weighted by Gasteiger charge is 2.41. The molecule has 0 radical (unpaired) electrons. The van der Waals surface area contributed by atoms with Crippen LogP contribution in [-0.2, 0) is 0 Å². The highest BCUT2D eigenvalue weighted by Crippen LogP contribution is 2.40. The van der Waals surface area contributed by atoms with Crippen LogP contribution in [0.15, 0.2) is 255 Å². The zero-order chi connectivity index (χ0) is 47.0. The molecule has 5 heteroatoms. The van der Waals surface area contributed by atoms with Gasteiger partial charge in [0.1, 0.15) is 0 Å². The maximum Gasteiger partial charge on any atom is 0.179 e. The SMILES string of the molecule is Cc1cc(C)cc(-c2ccc3c4ccccc4n(-c4cc(-c5nc(-c6ccccc6)nc(-c6ccccc6)n5)ccc4-c4cccc([Si](c5ccccc5)(c5ccccc5)c5ccccc5)c4)c3c2)c1. The van der Waals surface area contributed by atoms with E-state index in [9.17, 15) is 0 Å². The first-order valence-electron chi connectivity index (χ1n) is 23.9. The molecule has 0 saturated heterocycles. The molecule has 4 nitrogen and oxygen atoms in total. The lowest BCUT2D eigenvalue weighted by Gasteiger charge is -2.34. The summed E-state index contributed by atoms with van der Waals surface area (Å²) >= 11 is 0. The van der Waals surface area contributed by atoms with E-state index in [0.29, 0.717) is 17.5 Å². The Morgan fingerprint density at radius 2 is 0.757 bits per heavy atom. The molecule has 2 heterocycles. The Morgan fingerprint density at radius 3 is 1.33 bits per heavy atom. The van der Waals surface area contributed by atoms with E-state index in [1.165, 1.54) is 53.8 Å². The molecule has 0 N–H and O–H groups in total. The molecule has 0 unspecified atom stereocenters. The number of aryl methyl sites for hydroxylation is 2. The van der Waals surface area contributed by atoms with Gasteiger partial charge in [0.25, 0.3) is 0 Å². The average Bonchev–Trinajstić information content (AvgIpc) is 3.75. The fourth-order valence-corrected chi connectivity index (χ4v) is 15.4. The highest BCUT2D eigenvalue weighted by atomic mass is 28.3. The topological polar surface area (TPSA) is 43.6 Å². The first-order valence-corrected chi connectivity index (χ1v) is 25.9. The van der Waals surface area contributed by atoms with Gasteiger partial charge in [0, 0.05) is 33.0 Å². The predicted molar refractivity (Wildman–Crippen MR) is 294 cm³/mol. The Hall–Kier alpha value is -8.77. The van der Waals surface area contributed by atoms with Crippen LogP contribution in [0.3, 0.4) is 0 Å². The third kappa shape index (κ3) is 7.63. The number of hydrogen-bond acceptors (Lipinski definition) is 3. The fourth-order valence-electron chi connectivity index (χ4n) is 10.6. The Kier molecular flexibility index (Phi) is 11.0. The summed E-state index contributed by atoms with van der Waals surface area (Å²) in [5.41, 5.74) is 13.1. The summed E-state index contributed by atoms with van der Waals surface area (Å²) in [5, 5.41) is 7.69. The fraction of sp³-hybridized carbons (Fsp3) is 0.0308. The molecule has 0 fully saturated rings. The van der Waals surface area contributed by atoms with E-state index in [1.54, 1.807) is 0 Å². The van der Waals surface area contributed by atoms with Crippen LogP contribution in [0.2, 0.25) is 0 Å². The van der Waals surface area contributed by atoms with Crippen LogP contribution < -0.4 is 20.7 Å².